The minimum Gasteiger partial charge on any atom is -0.389 e. The Labute approximate surface area is 118 Å². The van der Waals surface area contributed by atoms with Crippen LogP contribution in [0, 0.1) is 11.6 Å². The zero-order valence-corrected chi connectivity index (χ0v) is 11.3. The first-order valence-corrected chi connectivity index (χ1v) is 6.08. The molecule has 106 valence electrons. The summed E-state index contributed by atoms with van der Waals surface area (Å²) in [6.45, 7) is 0. The number of carbonyl (C=O) groups is 2. The van der Waals surface area contributed by atoms with Crippen molar-refractivity contribution in [3.05, 3.63) is 29.3 Å². The van der Waals surface area contributed by atoms with Crippen molar-refractivity contribution in [3.63, 3.8) is 0 Å². The van der Waals surface area contributed by atoms with Crippen LogP contribution in [-0.2, 0) is 9.59 Å². The maximum absolute atomic E-state index is 13.8. The number of hydrogen-bond acceptors (Lipinski definition) is 4. The molecule has 2 amide bonds. The fraction of sp³-hybridized carbons (Fsp3) is 0.250. The van der Waals surface area contributed by atoms with Crippen LogP contribution in [0.4, 0.5) is 14.5 Å². The van der Waals surface area contributed by atoms with Gasteiger partial charge in [-0.3, -0.25) is 14.5 Å². The molecule has 1 atom stereocenters. The van der Waals surface area contributed by atoms with E-state index in [1.807, 2.05) is 0 Å². The number of nitrogens with two attached hydrogens (primary N) is 1. The van der Waals surface area contributed by atoms with E-state index in [-0.39, 0.29) is 28.6 Å². The predicted molar refractivity (Wildman–Crippen MR) is 72.1 cm³/mol. The second-order valence-corrected chi connectivity index (χ2v) is 4.78. The number of likely N-dealkylation sites (tertiary alicyclic amines) is 1. The van der Waals surface area contributed by atoms with E-state index in [9.17, 15) is 18.4 Å². The molecule has 0 aromatic heterocycles. The van der Waals surface area contributed by atoms with Gasteiger partial charge < -0.3 is 11.1 Å². The molecule has 3 N–H and O–H groups in total. The van der Waals surface area contributed by atoms with Crippen LogP contribution in [0.5, 0.6) is 0 Å². The van der Waals surface area contributed by atoms with Crippen molar-refractivity contribution in [3.8, 4) is 0 Å². The summed E-state index contributed by atoms with van der Waals surface area (Å²) in [5.74, 6) is -3.25. The van der Waals surface area contributed by atoms with Gasteiger partial charge in [-0.25, -0.2) is 8.78 Å². The van der Waals surface area contributed by atoms with Crippen LogP contribution >= 0.6 is 12.2 Å². The number of anilines is 1. The maximum Gasteiger partial charge on any atom is 0.251 e. The largest absolute Gasteiger partial charge is 0.389 e. The Morgan fingerprint density at radius 3 is 2.55 bits per heavy atom. The predicted octanol–water partition coefficient (Wildman–Crippen LogP) is 0.768. The fourth-order valence-corrected chi connectivity index (χ4v) is 2.06. The summed E-state index contributed by atoms with van der Waals surface area (Å²) < 4.78 is 27.5. The van der Waals surface area contributed by atoms with E-state index in [2.05, 4.69) is 17.5 Å². The molecule has 0 saturated carbocycles. The molecule has 1 saturated heterocycles. The highest BCUT2D eigenvalue weighted by molar-refractivity contribution is 7.80. The molecule has 0 spiro atoms. The number of imide groups is 1. The van der Waals surface area contributed by atoms with E-state index in [0.717, 1.165) is 4.90 Å². The Morgan fingerprint density at radius 1 is 1.40 bits per heavy atom. The Bertz CT molecular complexity index is 621. The van der Waals surface area contributed by atoms with Crippen LogP contribution in [0.15, 0.2) is 12.1 Å². The van der Waals surface area contributed by atoms with Crippen LogP contribution in [0.1, 0.15) is 12.0 Å². The standard InChI is InChI=1S/C12H11F2N3O2S/c1-17-8(18)4-7(12(17)19)16-6-3-2-5(11(15)20)9(13)10(6)14/h2-3,7,16H,4H2,1H3,(H2,15,20). The van der Waals surface area contributed by atoms with Crippen LogP contribution < -0.4 is 11.1 Å². The van der Waals surface area contributed by atoms with E-state index in [4.69, 9.17) is 5.73 Å². The van der Waals surface area contributed by atoms with Crippen molar-refractivity contribution in [1.29, 1.82) is 0 Å². The third-order valence-electron chi connectivity index (χ3n) is 3.06. The zero-order valence-electron chi connectivity index (χ0n) is 10.4. The first-order chi connectivity index (χ1) is 9.32. The van der Waals surface area contributed by atoms with Gasteiger partial charge in [-0.2, -0.15) is 0 Å². The van der Waals surface area contributed by atoms with Crippen molar-refractivity contribution in [2.75, 3.05) is 12.4 Å². The molecule has 1 aliphatic heterocycles. The monoisotopic (exact) mass is 299 g/mol. The number of nitrogens with zero attached hydrogens (tertiary/aromatic N) is 1. The molecular weight excluding hydrogens is 288 g/mol. The van der Waals surface area contributed by atoms with Gasteiger partial charge in [-0.15, -0.1) is 0 Å². The van der Waals surface area contributed by atoms with Gasteiger partial charge in [-0.1, -0.05) is 12.2 Å². The number of carbonyl (C=O) groups excluding carboxylic acids is 2. The van der Waals surface area contributed by atoms with Gasteiger partial charge >= 0.3 is 0 Å². The summed E-state index contributed by atoms with van der Waals surface area (Å²) in [6, 6.07) is 1.54. The summed E-state index contributed by atoms with van der Waals surface area (Å²) in [6.07, 6.45) is -0.104. The topological polar surface area (TPSA) is 75.4 Å². The smallest absolute Gasteiger partial charge is 0.251 e. The van der Waals surface area contributed by atoms with Crippen molar-refractivity contribution in [1.82, 2.24) is 4.90 Å². The third kappa shape index (κ3) is 2.34. The van der Waals surface area contributed by atoms with Crippen molar-refractivity contribution in [2.24, 2.45) is 5.73 Å². The van der Waals surface area contributed by atoms with E-state index in [0.29, 0.717) is 0 Å². The first-order valence-electron chi connectivity index (χ1n) is 5.67. The molecule has 0 bridgehead atoms. The Morgan fingerprint density at radius 2 is 2.05 bits per heavy atom. The van der Waals surface area contributed by atoms with Gasteiger partial charge in [0.05, 0.1) is 12.1 Å². The quantitative estimate of drug-likeness (QED) is 0.637. The zero-order chi connectivity index (χ0) is 15.0. The summed E-state index contributed by atoms with van der Waals surface area (Å²) in [5, 5.41) is 2.52. The molecule has 1 unspecified atom stereocenters. The van der Waals surface area contributed by atoms with Crippen molar-refractivity contribution < 1.29 is 18.4 Å². The molecule has 1 aromatic carbocycles. The van der Waals surface area contributed by atoms with Gasteiger partial charge in [-0.05, 0) is 12.1 Å². The van der Waals surface area contributed by atoms with Crippen LogP contribution in [-0.4, -0.2) is 34.8 Å². The van der Waals surface area contributed by atoms with E-state index in [1.165, 1.54) is 19.2 Å². The molecule has 20 heavy (non-hydrogen) atoms. The summed E-state index contributed by atoms with van der Waals surface area (Å²) in [7, 11) is 1.33. The third-order valence-corrected chi connectivity index (χ3v) is 3.28. The lowest BCUT2D eigenvalue weighted by atomic mass is 10.1. The van der Waals surface area contributed by atoms with Crippen molar-refractivity contribution >= 4 is 34.7 Å². The minimum absolute atomic E-state index is 0.104. The van der Waals surface area contributed by atoms with E-state index >= 15 is 0 Å². The van der Waals surface area contributed by atoms with Gasteiger partial charge in [0.1, 0.15) is 11.0 Å². The van der Waals surface area contributed by atoms with Gasteiger partial charge in [0.2, 0.25) is 5.91 Å². The lowest BCUT2D eigenvalue weighted by molar-refractivity contribution is -0.136. The lowest BCUT2D eigenvalue weighted by Crippen LogP contribution is -2.32. The molecular formula is C12H11F2N3O2S. The number of nitrogens with one attached hydrogen (secondary N) is 1. The molecule has 1 aromatic rings. The number of amides is 2. The van der Waals surface area contributed by atoms with Gasteiger partial charge in [0.15, 0.2) is 11.6 Å². The lowest BCUT2D eigenvalue weighted by Gasteiger charge is -2.14. The molecule has 0 aliphatic carbocycles. The molecule has 5 nitrogen and oxygen atoms in total. The highest BCUT2D eigenvalue weighted by Gasteiger charge is 2.36. The average Bonchev–Trinajstić information content (AvgIpc) is 2.62. The summed E-state index contributed by atoms with van der Waals surface area (Å²) in [4.78, 5) is 23.7. The number of hydrogen-bond donors (Lipinski definition) is 2. The summed E-state index contributed by atoms with van der Waals surface area (Å²) in [5.41, 5.74) is 4.82. The summed E-state index contributed by atoms with van der Waals surface area (Å²) >= 11 is 4.59. The second-order valence-electron chi connectivity index (χ2n) is 4.34. The highest BCUT2D eigenvalue weighted by Crippen LogP contribution is 2.23. The van der Waals surface area contributed by atoms with E-state index in [1.54, 1.807) is 0 Å². The van der Waals surface area contributed by atoms with Gasteiger partial charge in [0, 0.05) is 12.6 Å². The molecule has 8 heteroatoms. The SMILES string of the molecule is CN1C(=O)CC(Nc2ccc(C(N)=S)c(F)c2F)C1=O. The molecule has 1 heterocycles. The Balaban J connectivity index is 2.28. The average molecular weight is 299 g/mol. The highest BCUT2D eigenvalue weighted by atomic mass is 32.1. The Kier molecular flexibility index (Phi) is 3.67. The maximum atomic E-state index is 13.8. The van der Waals surface area contributed by atoms with Crippen molar-refractivity contribution in [2.45, 2.75) is 12.5 Å². The molecule has 1 fully saturated rings. The number of thiocarbonyl (C=S) groups is 1. The fourth-order valence-electron chi connectivity index (χ4n) is 1.91. The molecule has 1 aliphatic rings. The molecule has 2 rings (SSSR count). The number of benzene rings is 1. The van der Waals surface area contributed by atoms with E-state index < -0.39 is 23.6 Å². The van der Waals surface area contributed by atoms with Gasteiger partial charge in [0.25, 0.3) is 5.91 Å². The first kappa shape index (κ1) is 14.3. The van der Waals surface area contributed by atoms with Crippen LogP contribution in [0.25, 0.3) is 0 Å². The van der Waals surface area contributed by atoms with Crippen LogP contribution in [0.2, 0.25) is 0 Å². The number of likely N-dealkylation sites (N-methyl/N-ethyl adjacent to an activating group) is 1. The second kappa shape index (κ2) is 5.12. The van der Waals surface area contributed by atoms with Crippen LogP contribution in [0.3, 0.4) is 0 Å². The number of halogens is 2. The number of rotatable bonds is 3. The Hall–Kier alpha value is -2.09. The normalized spacial score (nSPS) is 18.6. The minimum atomic E-state index is -1.19. The molecule has 0 radical (unpaired) electrons.